The van der Waals surface area contributed by atoms with Gasteiger partial charge >= 0.3 is 0 Å². The highest BCUT2D eigenvalue weighted by molar-refractivity contribution is 7.99. The molecule has 1 heterocycles. The molecule has 1 N–H and O–H groups in total. The van der Waals surface area contributed by atoms with E-state index in [1.54, 1.807) is 0 Å². The quantitative estimate of drug-likeness (QED) is 0.792. The van der Waals surface area contributed by atoms with Gasteiger partial charge in [-0.15, -0.1) is 10.2 Å². The second-order valence-electron chi connectivity index (χ2n) is 4.59. The molecule has 2 aromatic rings. The Morgan fingerprint density at radius 2 is 2.00 bits per heavy atom. The molecule has 0 saturated carbocycles. The molecule has 0 amide bonds. The molecule has 2 rings (SSSR count). The zero-order valence-electron chi connectivity index (χ0n) is 11.5. The molecule has 1 aromatic carbocycles. The predicted octanol–water partition coefficient (Wildman–Crippen LogP) is 2.61. The summed E-state index contributed by atoms with van der Waals surface area (Å²) < 4.78 is 10.9. The van der Waals surface area contributed by atoms with E-state index in [1.165, 1.54) is 11.8 Å². The number of rotatable bonds is 7. The van der Waals surface area contributed by atoms with E-state index >= 15 is 0 Å². The summed E-state index contributed by atoms with van der Waals surface area (Å²) in [5.74, 6) is 0.949. The lowest BCUT2D eigenvalue weighted by Crippen LogP contribution is -2.20. The molecule has 0 saturated heterocycles. The van der Waals surface area contributed by atoms with Crippen LogP contribution < -0.4 is 0 Å². The van der Waals surface area contributed by atoms with Gasteiger partial charge in [-0.05, 0) is 26.0 Å². The van der Waals surface area contributed by atoms with Gasteiger partial charge in [0.2, 0.25) is 5.89 Å². The van der Waals surface area contributed by atoms with E-state index in [9.17, 15) is 5.11 Å². The summed E-state index contributed by atoms with van der Waals surface area (Å²) in [4.78, 5) is 0. The Labute approximate surface area is 122 Å². The van der Waals surface area contributed by atoms with Crippen molar-refractivity contribution in [3.05, 3.63) is 30.3 Å². The van der Waals surface area contributed by atoms with Crippen molar-refractivity contribution in [1.29, 1.82) is 0 Å². The largest absolute Gasteiger partial charge is 0.411 e. The number of aliphatic hydroxyl groups excluding tert-OH is 1. The number of aliphatic hydroxyl groups is 1. The van der Waals surface area contributed by atoms with E-state index in [1.807, 2.05) is 44.2 Å². The third kappa shape index (κ3) is 4.63. The van der Waals surface area contributed by atoms with Crippen LogP contribution in [-0.4, -0.2) is 39.9 Å². The second-order valence-corrected chi connectivity index (χ2v) is 5.56. The van der Waals surface area contributed by atoms with Crippen LogP contribution >= 0.6 is 11.8 Å². The normalized spacial score (nSPS) is 12.8. The summed E-state index contributed by atoms with van der Waals surface area (Å²) in [5, 5.41) is 18.1. The molecule has 6 heteroatoms. The molecule has 0 aliphatic carbocycles. The lowest BCUT2D eigenvalue weighted by atomic mass is 10.2. The lowest BCUT2D eigenvalue weighted by Gasteiger charge is -2.11. The van der Waals surface area contributed by atoms with Gasteiger partial charge in [-0.2, -0.15) is 0 Å². The summed E-state index contributed by atoms with van der Waals surface area (Å²) >= 11 is 1.33. The minimum absolute atomic E-state index is 0.114. The molecule has 0 radical (unpaired) electrons. The highest BCUT2D eigenvalue weighted by atomic mass is 32.2. The third-order valence-corrected chi connectivity index (χ3v) is 3.41. The SMILES string of the molecule is CC(C)OCC(O)CSc1nnc(-c2ccccc2)o1. The number of hydrogen-bond acceptors (Lipinski definition) is 6. The predicted molar refractivity (Wildman–Crippen MR) is 77.6 cm³/mol. The number of hydrogen-bond donors (Lipinski definition) is 1. The van der Waals surface area contributed by atoms with E-state index in [4.69, 9.17) is 9.15 Å². The monoisotopic (exact) mass is 294 g/mol. The number of thioether (sulfide) groups is 1. The van der Waals surface area contributed by atoms with Crippen molar-refractivity contribution in [3.63, 3.8) is 0 Å². The van der Waals surface area contributed by atoms with Gasteiger partial charge in [0, 0.05) is 11.3 Å². The highest BCUT2D eigenvalue weighted by Crippen LogP contribution is 2.23. The first kappa shape index (κ1) is 15.0. The highest BCUT2D eigenvalue weighted by Gasteiger charge is 2.12. The number of benzene rings is 1. The fourth-order valence-electron chi connectivity index (χ4n) is 1.48. The Hall–Kier alpha value is -1.37. The maximum absolute atomic E-state index is 9.75. The fraction of sp³-hybridized carbons (Fsp3) is 0.429. The van der Waals surface area contributed by atoms with E-state index in [0.717, 1.165) is 5.56 Å². The van der Waals surface area contributed by atoms with Gasteiger partial charge in [-0.3, -0.25) is 0 Å². The van der Waals surface area contributed by atoms with Crippen LogP contribution in [0.1, 0.15) is 13.8 Å². The smallest absolute Gasteiger partial charge is 0.276 e. The van der Waals surface area contributed by atoms with Gasteiger partial charge in [0.15, 0.2) is 0 Å². The van der Waals surface area contributed by atoms with Crippen molar-refractivity contribution in [3.8, 4) is 11.5 Å². The average Bonchev–Trinajstić information content (AvgIpc) is 2.93. The minimum atomic E-state index is -0.547. The maximum Gasteiger partial charge on any atom is 0.276 e. The van der Waals surface area contributed by atoms with E-state index in [0.29, 0.717) is 23.5 Å². The number of ether oxygens (including phenoxy) is 1. The molecule has 0 aliphatic rings. The minimum Gasteiger partial charge on any atom is -0.411 e. The Balaban J connectivity index is 1.84. The molecule has 108 valence electrons. The zero-order chi connectivity index (χ0) is 14.4. The maximum atomic E-state index is 9.75. The number of nitrogens with zero attached hydrogens (tertiary/aromatic N) is 2. The first-order valence-corrected chi connectivity index (χ1v) is 7.45. The summed E-state index contributed by atoms with van der Waals surface area (Å²) in [6.07, 6.45) is -0.433. The molecule has 1 unspecified atom stereocenters. The molecule has 1 aromatic heterocycles. The Bertz CT molecular complexity index is 516. The van der Waals surface area contributed by atoms with Crippen LogP contribution in [-0.2, 0) is 4.74 Å². The first-order chi connectivity index (χ1) is 9.65. The Morgan fingerprint density at radius 1 is 1.25 bits per heavy atom. The van der Waals surface area contributed by atoms with Crippen molar-refractivity contribution in [2.75, 3.05) is 12.4 Å². The molecule has 0 bridgehead atoms. The standard InChI is InChI=1S/C14H18N2O3S/c1-10(2)18-8-12(17)9-20-14-16-15-13(19-14)11-6-4-3-5-7-11/h3-7,10,12,17H,8-9H2,1-2H3. The fourth-order valence-corrected chi connectivity index (χ4v) is 2.15. The van der Waals surface area contributed by atoms with Crippen molar-refractivity contribution in [2.45, 2.75) is 31.3 Å². The van der Waals surface area contributed by atoms with Crippen LogP contribution in [0.4, 0.5) is 0 Å². The molecule has 0 fully saturated rings. The van der Waals surface area contributed by atoms with Crippen LogP contribution in [0.3, 0.4) is 0 Å². The van der Waals surface area contributed by atoms with Gasteiger partial charge < -0.3 is 14.3 Å². The van der Waals surface area contributed by atoms with Gasteiger partial charge in [-0.1, -0.05) is 30.0 Å². The van der Waals surface area contributed by atoms with Crippen LogP contribution in [0.25, 0.3) is 11.5 Å². The lowest BCUT2D eigenvalue weighted by molar-refractivity contribution is 0.0152. The zero-order valence-corrected chi connectivity index (χ0v) is 12.3. The van der Waals surface area contributed by atoms with Crippen molar-refractivity contribution in [2.24, 2.45) is 0 Å². The molecule has 0 aliphatic heterocycles. The van der Waals surface area contributed by atoms with Gasteiger partial charge in [-0.25, -0.2) is 0 Å². The molecule has 0 spiro atoms. The molecule has 20 heavy (non-hydrogen) atoms. The van der Waals surface area contributed by atoms with Crippen molar-refractivity contribution >= 4 is 11.8 Å². The summed E-state index contributed by atoms with van der Waals surface area (Å²) in [6, 6.07) is 9.58. The molecule has 1 atom stereocenters. The second kappa shape index (κ2) is 7.42. The van der Waals surface area contributed by atoms with Crippen LogP contribution in [0.5, 0.6) is 0 Å². The van der Waals surface area contributed by atoms with Gasteiger partial charge in [0.05, 0.1) is 18.8 Å². The van der Waals surface area contributed by atoms with Crippen molar-refractivity contribution in [1.82, 2.24) is 10.2 Å². The van der Waals surface area contributed by atoms with Gasteiger partial charge in [0.1, 0.15) is 0 Å². The number of aromatic nitrogens is 2. The van der Waals surface area contributed by atoms with Gasteiger partial charge in [0.25, 0.3) is 5.22 Å². The van der Waals surface area contributed by atoms with Crippen LogP contribution in [0.2, 0.25) is 0 Å². The van der Waals surface area contributed by atoms with E-state index in [2.05, 4.69) is 10.2 Å². The molecular formula is C14H18N2O3S. The summed E-state index contributed by atoms with van der Waals surface area (Å²) in [6.45, 7) is 4.18. The van der Waals surface area contributed by atoms with E-state index < -0.39 is 6.10 Å². The summed E-state index contributed by atoms with van der Waals surface area (Å²) in [7, 11) is 0. The topological polar surface area (TPSA) is 68.4 Å². The van der Waals surface area contributed by atoms with E-state index in [-0.39, 0.29) is 6.10 Å². The first-order valence-electron chi connectivity index (χ1n) is 6.46. The Morgan fingerprint density at radius 3 is 2.70 bits per heavy atom. The molecular weight excluding hydrogens is 276 g/mol. The Kier molecular flexibility index (Phi) is 5.58. The van der Waals surface area contributed by atoms with Crippen molar-refractivity contribution < 1.29 is 14.3 Å². The van der Waals surface area contributed by atoms with Crippen LogP contribution in [0, 0.1) is 0 Å². The van der Waals surface area contributed by atoms with Crippen LogP contribution in [0.15, 0.2) is 40.0 Å². The summed E-state index contributed by atoms with van der Waals surface area (Å²) in [5.41, 5.74) is 0.885. The third-order valence-electron chi connectivity index (χ3n) is 2.45. The average molecular weight is 294 g/mol. The molecule has 5 nitrogen and oxygen atoms in total.